The summed E-state index contributed by atoms with van der Waals surface area (Å²) in [4.78, 5) is 94.8. The van der Waals surface area contributed by atoms with Crippen molar-refractivity contribution >= 4 is 57.8 Å². The number of H-pyrrole nitrogens is 1. The molecule has 65 heavy (non-hydrogen) atoms. The Labute approximate surface area is 380 Å². The molecule has 0 saturated carbocycles. The maximum Gasteiger partial charge on any atom is 0.326 e. The summed E-state index contributed by atoms with van der Waals surface area (Å²) in [5, 5.41) is 42.6. The van der Waals surface area contributed by atoms with Gasteiger partial charge in [0.15, 0.2) is 5.82 Å². The SMILES string of the molecule is O=CCOCCOCCNC(=O)CC[C@H](NC(=O)CC[C@H](NC(=O)CCCNC(=O)CCCS(=O)(=O)NC(=O)CCCCCCCCCCCCCCCc1nn[nH]n1)C(=O)O)C(=O)O. The van der Waals surface area contributed by atoms with Gasteiger partial charge in [-0.2, -0.15) is 5.21 Å². The third kappa shape index (κ3) is 34.0. The Kier molecular flexibility index (Phi) is 33.1. The number of aliphatic carboxylic acids is 2. The van der Waals surface area contributed by atoms with Crippen molar-refractivity contribution in [1.29, 1.82) is 0 Å². The number of carboxylic acid groups (broad SMARTS) is 2. The monoisotopic (exact) mass is 945 g/mol. The number of ether oxygens (including phenoxy) is 2. The van der Waals surface area contributed by atoms with Crippen molar-refractivity contribution in [2.75, 3.05) is 45.3 Å². The van der Waals surface area contributed by atoms with Crippen molar-refractivity contribution in [2.45, 2.75) is 160 Å². The lowest BCUT2D eigenvalue weighted by molar-refractivity contribution is -0.143. The zero-order valence-electron chi connectivity index (χ0n) is 37.5. The van der Waals surface area contributed by atoms with E-state index in [1.807, 2.05) is 0 Å². The predicted octanol–water partition coefficient (Wildman–Crippen LogP) is 1.37. The molecule has 0 radical (unpaired) electrons. The van der Waals surface area contributed by atoms with Crippen molar-refractivity contribution in [1.82, 2.24) is 46.6 Å². The highest BCUT2D eigenvalue weighted by Gasteiger charge is 2.24. The Morgan fingerprint density at radius 3 is 1.65 bits per heavy atom. The van der Waals surface area contributed by atoms with Crippen molar-refractivity contribution in [3.8, 4) is 0 Å². The molecular weight excluding hydrogens is 875 g/mol. The minimum atomic E-state index is -3.91. The number of carboxylic acids is 2. The number of tetrazole rings is 1. The Hall–Kier alpha value is -5.10. The largest absolute Gasteiger partial charge is 0.480 e. The number of rotatable bonds is 43. The Morgan fingerprint density at radius 1 is 0.585 bits per heavy atom. The zero-order chi connectivity index (χ0) is 48.0. The maximum absolute atomic E-state index is 12.4. The van der Waals surface area contributed by atoms with E-state index in [0.29, 0.717) is 12.7 Å². The van der Waals surface area contributed by atoms with Gasteiger partial charge in [-0.15, -0.1) is 10.2 Å². The Morgan fingerprint density at radius 2 is 1.08 bits per heavy atom. The summed E-state index contributed by atoms with van der Waals surface area (Å²) in [6.07, 6.45) is 14.3. The first-order chi connectivity index (χ1) is 31.2. The summed E-state index contributed by atoms with van der Waals surface area (Å²) in [5.41, 5.74) is 0. The minimum absolute atomic E-state index is 0.0349. The van der Waals surface area contributed by atoms with E-state index in [0.717, 1.165) is 44.3 Å². The molecular formula is C41H71N9O14S. The molecule has 23 nitrogen and oxygen atoms in total. The quantitative estimate of drug-likeness (QED) is 0.0339. The molecule has 0 unspecified atom stereocenters. The first kappa shape index (κ1) is 57.9. The van der Waals surface area contributed by atoms with Gasteiger partial charge in [-0.05, 0) is 38.5 Å². The Balaban J connectivity index is 2.12. The van der Waals surface area contributed by atoms with Crippen molar-refractivity contribution in [3.05, 3.63) is 5.82 Å². The molecule has 0 fully saturated rings. The third-order valence-electron chi connectivity index (χ3n) is 9.90. The molecule has 1 aromatic rings. The van der Waals surface area contributed by atoms with Gasteiger partial charge >= 0.3 is 11.9 Å². The number of aromatic amines is 1. The van der Waals surface area contributed by atoms with Crippen molar-refractivity contribution < 1.29 is 66.5 Å². The van der Waals surface area contributed by atoms with Crippen LogP contribution in [0.15, 0.2) is 0 Å². The van der Waals surface area contributed by atoms with E-state index in [1.54, 1.807) is 0 Å². The number of nitrogens with one attached hydrogen (secondary N) is 6. The summed E-state index contributed by atoms with van der Waals surface area (Å²) in [7, 11) is -3.91. The number of hydrogen-bond acceptors (Lipinski definition) is 15. The van der Waals surface area contributed by atoms with E-state index < -0.39 is 75.8 Å². The topological polar surface area (TPSA) is 344 Å². The van der Waals surface area contributed by atoms with E-state index in [1.165, 1.54) is 44.9 Å². The van der Waals surface area contributed by atoms with Crippen LogP contribution in [0.4, 0.5) is 0 Å². The van der Waals surface area contributed by atoms with Gasteiger partial charge in [0.2, 0.25) is 39.6 Å². The van der Waals surface area contributed by atoms with Crippen LogP contribution in [0.25, 0.3) is 0 Å². The number of unbranched alkanes of at least 4 members (excludes halogenated alkanes) is 12. The number of carbonyl (C=O) groups is 8. The van der Waals surface area contributed by atoms with Crippen LogP contribution < -0.4 is 26.0 Å². The van der Waals surface area contributed by atoms with Gasteiger partial charge in [0.05, 0.1) is 25.6 Å². The van der Waals surface area contributed by atoms with Crippen molar-refractivity contribution in [2.24, 2.45) is 0 Å². The zero-order valence-corrected chi connectivity index (χ0v) is 38.3. The van der Waals surface area contributed by atoms with Crippen molar-refractivity contribution in [3.63, 3.8) is 0 Å². The fraction of sp³-hybridized carbons (Fsp3) is 0.780. The smallest absolute Gasteiger partial charge is 0.326 e. The lowest BCUT2D eigenvalue weighted by atomic mass is 10.0. The number of nitrogens with zero attached hydrogens (tertiary/aromatic N) is 3. The molecule has 0 saturated heterocycles. The molecule has 0 aromatic carbocycles. The van der Waals surface area contributed by atoms with Crippen LogP contribution in [0.2, 0.25) is 0 Å². The number of amides is 5. The summed E-state index contributed by atoms with van der Waals surface area (Å²) in [5.74, 6) is -5.46. The highest BCUT2D eigenvalue weighted by molar-refractivity contribution is 7.90. The molecule has 5 amide bonds. The first-order valence-corrected chi connectivity index (χ1v) is 24.3. The van der Waals surface area contributed by atoms with Gasteiger partial charge in [-0.1, -0.05) is 75.8 Å². The normalized spacial score (nSPS) is 12.1. The van der Waals surface area contributed by atoms with Crippen LogP contribution >= 0.6 is 0 Å². The minimum Gasteiger partial charge on any atom is -0.480 e. The average molecular weight is 946 g/mol. The van der Waals surface area contributed by atoms with E-state index >= 15 is 0 Å². The number of aldehydes is 1. The Bertz CT molecular complexity index is 1650. The van der Waals surface area contributed by atoms with Gasteiger partial charge in [0.1, 0.15) is 25.0 Å². The second kappa shape index (κ2) is 37.2. The standard InChI is InChI=1S/C41H71N9O14S/c51-26-28-64-30-29-63-27-25-43-36(53)22-20-32(40(57)58)45-38(55)23-21-33(41(59)60)44-37(54)18-14-24-42-35(52)19-15-31-65(61,62)48-39(56)17-13-11-9-7-5-3-1-2-4-6-8-10-12-16-34-46-49-50-47-34/h26,32-33H,1-25,27-31H2,(H,42,52)(H,43,53)(H,44,54)(H,45,55)(H,48,56)(H,57,58)(H,59,60)(H,46,47,49,50)/t32-,33-/m0/s1. The maximum atomic E-state index is 12.4. The number of aryl methyl sites for hydroxylation is 1. The van der Waals surface area contributed by atoms with Gasteiger partial charge in [0, 0.05) is 51.6 Å². The molecule has 2 atom stereocenters. The molecule has 1 heterocycles. The van der Waals surface area contributed by atoms with Crippen LogP contribution in [-0.4, -0.2) is 144 Å². The fourth-order valence-corrected chi connectivity index (χ4v) is 7.44. The fourth-order valence-electron chi connectivity index (χ4n) is 6.37. The van der Waals surface area contributed by atoms with E-state index in [-0.39, 0.29) is 90.9 Å². The summed E-state index contributed by atoms with van der Waals surface area (Å²) in [6.45, 7) is 0.709. The molecule has 0 aliphatic heterocycles. The second-order valence-corrected chi connectivity index (χ2v) is 17.4. The number of aromatic nitrogens is 4. The van der Waals surface area contributed by atoms with Crippen LogP contribution in [0.3, 0.4) is 0 Å². The number of sulfonamides is 1. The lowest BCUT2D eigenvalue weighted by Gasteiger charge is -2.17. The molecule has 8 N–H and O–H groups in total. The number of hydrogen-bond donors (Lipinski definition) is 8. The molecule has 0 aliphatic rings. The average Bonchev–Trinajstić information content (AvgIpc) is 3.78. The van der Waals surface area contributed by atoms with E-state index in [9.17, 15) is 57.0 Å². The summed E-state index contributed by atoms with van der Waals surface area (Å²) in [6, 6.07) is -2.89. The van der Waals surface area contributed by atoms with Gasteiger partial charge in [0.25, 0.3) is 0 Å². The lowest BCUT2D eigenvalue weighted by Crippen LogP contribution is -2.44. The number of carbonyl (C=O) groups excluding carboxylic acids is 6. The van der Waals surface area contributed by atoms with E-state index in [2.05, 4.69) is 46.6 Å². The third-order valence-corrected chi connectivity index (χ3v) is 11.3. The van der Waals surface area contributed by atoms with Crippen LogP contribution in [0.1, 0.15) is 147 Å². The first-order valence-electron chi connectivity index (χ1n) is 22.6. The van der Waals surface area contributed by atoms with Crippen LogP contribution in [0.5, 0.6) is 0 Å². The highest BCUT2D eigenvalue weighted by Crippen LogP contribution is 2.14. The van der Waals surface area contributed by atoms with Gasteiger partial charge in [-0.3, -0.25) is 28.7 Å². The second-order valence-electron chi connectivity index (χ2n) is 15.5. The molecule has 0 spiro atoms. The van der Waals surface area contributed by atoms with E-state index in [4.69, 9.17) is 9.47 Å². The molecule has 1 rings (SSSR count). The van der Waals surface area contributed by atoms with Gasteiger partial charge < -0.3 is 45.7 Å². The summed E-state index contributed by atoms with van der Waals surface area (Å²) >= 11 is 0. The molecule has 0 aliphatic carbocycles. The molecule has 24 heteroatoms. The van der Waals surface area contributed by atoms with Crippen LogP contribution in [-0.2, 0) is 64.3 Å². The summed E-state index contributed by atoms with van der Waals surface area (Å²) < 4.78 is 36.8. The van der Waals surface area contributed by atoms with Crippen LogP contribution in [0, 0.1) is 0 Å². The molecule has 370 valence electrons. The predicted molar refractivity (Wildman–Crippen MR) is 234 cm³/mol. The molecule has 1 aromatic heterocycles. The highest BCUT2D eigenvalue weighted by atomic mass is 32.2. The molecule has 0 bridgehead atoms. The van der Waals surface area contributed by atoms with Gasteiger partial charge in [-0.25, -0.2) is 18.0 Å².